The summed E-state index contributed by atoms with van der Waals surface area (Å²) in [5.74, 6) is -1.78. The highest BCUT2D eigenvalue weighted by Gasteiger charge is 2.47. The molecule has 0 amide bonds. The molecule has 0 saturated heterocycles. The number of nitrogens with zero attached hydrogens (tertiary/aromatic N) is 3. The van der Waals surface area contributed by atoms with Gasteiger partial charge in [0.1, 0.15) is 5.82 Å². The molecule has 1 saturated carbocycles. The van der Waals surface area contributed by atoms with E-state index in [2.05, 4.69) is 25.9 Å². The van der Waals surface area contributed by atoms with E-state index in [0.717, 1.165) is 15.8 Å². The summed E-state index contributed by atoms with van der Waals surface area (Å²) >= 11 is 3.34. The van der Waals surface area contributed by atoms with Gasteiger partial charge in [0.25, 0.3) is 5.92 Å². The number of hydrogen-bond donors (Lipinski definition) is 0. The van der Waals surface area contributed by atoms with Crippen LogP contribution in [0.5, 0.6) is 0 Å². The minimum Gasteiger partial charge on any atom is -0.323 e. The first kappa shape index (κ1) is 11.1. The number of fused-ring (bicyclic) bond motifs is 1. The van der Waals surface area contributed by atoms with Crippen molar-refractivity contribution < 1.29 is 8.78 Å². The number of imidazole rings is 1. The zero-order valence-corrected chi connectivity index (χ0v) is 10.7. The predicted octanol–water partition coefficient (Wildman–Crippen LogP) is 3.47. The van der Waals surface area contributed by atoms with Gasteiger partial charge in [-0.3, -0.25) is 0 Å². The molecule has 2 heterocycles. The van der Waals surface area contributed by atoms with Gasteiger partial charge in [0.15, 0.2) is 5.65 Å². The zero-order chi connectivity index (χ0) is 12.2. The first-order valence-electron chi connectivity index (χ1n) is 5.34. The third-order valence-electron chi connectivity index (χ3n) is 3.12. The average Bonchev–Trinajstić information content (AvgIpc) is 2.50. The van der Waals surface area contributed by atoms with Gasteiger partial charge >= 0.3 is 0 Å². The Morgan fingerprint density at radius 1 is 1.47 bits per heavy atom. The molecule has 17 heavy (non-hydrogen) atoms. The van der Waals surface area contributed by atoms with Gasteiger partial charge in [0.05, 0.1) is 5.52 Å². The van der Waals surface area contributed by atoms with Crippen molar-refractivity contribution in [2.45, 2.75) is 31.7 Å². The van der Waals surface area contributed by atoms with Crippen LogP contribution in [0.1, 0.15) is 24.7 Å². The van der Waals surface area contributed by atoms with Gasteiger partial charge in [-0.15, -0.1) is 0 Å². The van der Waals surface area contributed by atoms with Crippen LogP contribution in [0.3, 0.4) is 0 Å². The summed E-state index contributed by atoms with van der Waals surface area (Å²) in [5, 5.41) is 0. The Balaban J connectivity index is 2.09. The molecule has 6 heteroatoms. The molecule has 0 unspecified atom stereocenters. The number of aromatic nitrogens is 3. The highest BCUT2D eigenvalue weighted by molar-refractivity contribution is 9.10. The normalized spacial score (nSPS) is 19.5. The van der Waals surface area contributed by atoms with E-state index in [4.69, 9.17) is 0 Å². The van der Waals surface area contributed by atoms with Crippen molar-refractivity contribution >= 4 is 27.1 Å². The molecule has 0 bridgehead atoms. The highest BCUT2D eigenvalue weighted by Crippen LogP contribution is 2.46. The SMILES string of the molecule is Cc1nc2ncc(Br)cc2n1C1CC(F)(F)C1. The van der Waals surface area contributed by atoms with Gasteiger partial charge in [-0.05, 0) is 28.9 Å². The summed E-state index contributed by atoms with van der Waals surface area (Å²) in [6.07, 6.45) is 1.45. The molecule has 1 aliphatic rings. The number of alkyl halides is 2. The van der Waals surface area contributed by atoms with Gasteiger partial charge in [0.2, 0.25) is 0 Å². The number of rotatable bonds is 1. The maximum absolute atomic E-state index is 12.9. The Morgan fingerprint density at radius 3 is 2.82 bits per heavy atom. The molecule has 0 atom stereocenters. The van der Waals surface area contributed by atoms with Crippen LogP contribution < -0.4 is 0 Å². The molecule has 0 aliphatic heterocycles. The van der Waals surface area contributed by atoms with E-state index in [1.807, 2.05) is 17.6 Å². The van der Waals surface area contributed by atoms with Crippen LogP contribution in [-0.4, -0.2) is 20.5 Å². The van der Waals surface area contributed by atoms with Crippen molar-refractivity contribution in [2.75, 3.05) is 0 Å². The fourth-order valence-electron chi connectivity index (χ4n) is 2.34. The minimum absolute atomic E-state index is 0.105. The Bertz CT molecular complexity index is 586. The van der Waals surface area contributed by atoms with Crippen LogP contribution in [0.15, 0.2) is 16.7 Å². The molecule has 0 spiro atoms. The predicted molar refractivity (Wildman–Crippen MR) is 63.2 cm³/mol. The van der Waals surface area contributed by atoms with Crippen LogP contribution in [0.4, 0.5) is 8.78 Å². The molecule has 3 rings (SSSR count). The van der Waals surface area contributed by atoms with Crippen molar-refractivity contribution in [3.63, 3.8) is 0 Å². The summed E-state index contributed by atoms with van der Waals surface area (Å²) in [6.45, 7) is 1.83. The lowest BCUT2D eigenvalue weighted by molar-refractivity contribution is -0.103. The Hall–Kier alpha value is -1.04. The maximum atomic E-state index is 12.9. The molecule has 0 aromatic carbocycles. The fraction of sp³-hybridized carbons (Fsp3) is 0.455. The largest absolute Gasteiger partial charge is 0.323 e. The van der Waals surface area contributed by atoms with Gasteiger partial charge < -0.3 is 4.57 Å². The second kappa shape index (κ2) is 3.48. The molecule has 2 aromatic rings. The maximum Gasteiger partial charge on any atom is 0.252 e. The van der Waals surface area contributed by atoms with Crippen LogP contribution >= 0.6 is 15.9 Å². The molecule has 1 aliphatic carbocycles. The summed E-state index contributed by atoms with van der Waals surface area (Å²) in [5.41, 5.74) is 1.43. The lowest BCUT2D eigenvalue weighted by Gasteiger charge is -2.36. The molecule has 2 aromatic heterocycles. The van der Waals surface area contributed by atoms with Crippen LogP contribution in [0, 0.1) is 6.92 Å². The Labute approximate surface area is 105 Å². The number of halogens is 3. The van der Waals surface area contributed by atoms with Crippen molar-refractivity contribution in [1.29, 1.82) is 0 Å². The standard InChI is InChI=1S/C11H10BrF2N3/c1-6-16-10-9(2-7(12)5-15-10)17(6)8-3-11(13,14)4-8/h2,5,8H,3-4H2,1H3. The monoisotopic (exact) mass is 301 g/mol. The third-order valence-corrected chi connectivity index (χ3v) is 3.56. The minimum atomic E-state index is -2.52. The van der Waals surface area contributed by atoms with E-state index in [0.29, 0.717) is 5.65 Å². The van der Waals surface area contributed by atoms with E-state index in [-0.39, 0.29) is 18.9 Å². The highest BCUT2D eigenvalue weighted by atomic mass is 79.9. The van der Waals surface area contributed by atoms with Crippen molar-refractivity contribution in [3.05, 3.63) is 22.6 Å². The number of hydrogen-bond acceptors (Lipinski definition) is 2. The quantitative estimate of drug-likeness (QED) is 0.807. The van der Waals surface area contributed by atoms with E-state index in [1.165, 1.54) is 0 Å². The van der Waals surface area contributed by atoms with Crippen molar-refractivity contribution in [2.24, 2.45) is 0 Å². The lowest BCUT2D eigenvalue weighted by atomic mass is 9.88. The van der Waals surface area contributed by atoms with Gasteiger partial charge in [-0.1, -0.05) is 0 Å². The molecule has 1 fully saturated rings. The topological polar surface area (TPSA) is 30.7 Å². The summed E-state index contributed by atoms with van der Waals surface area (Å²) in [6, 6.07) is 1.71. The Kier molecular flexibility index (Phi) is 2.26. The average molecular weight is 302 g/mol. The van der Waals surface area contributed by atoms with Crippen LogP contribution in [-0.2, 0) is 0 Å². The zero-order valence-electron chi connectivity index (χ0n) is 9.12. The summed E-state index contributed by atoms with van der Waals surface area (Å²) < 4.78 is 28.6. The van der Waals surface area contributed by atoms with E-state index in [1.54, 1.807) is 6.20 Å². The molecule has 0 N–H and O–H groups in total. The first-order valence-corrected chi connectivity index (χ1v) is 6.13. The van der Waals surface area contributed by atoms with Crippen molar-refractivity contribution in [1.82, 2.24) is 14.5 Å². The molecule has 3 nitrogen and oxygen atoms in total. The second-order valence-electron chi connectivity index (χ2n) is 4.44. The molecule has 0 radical (unpaired) electrons. The van der Waals surface area contributed by atoms with Gasteiger partial charge in [-0.25, -0.2) is 18.7 Å². The molecular weight excluding hydrogens is 292 g/mol. The van der Waals surface area contributed by atoms with Crippen LogP contribution in [0.2, 0.25) is 0 Å². The first-order chi connectivity index (χ1) is 7.96. The number of pyridine rings is 1. The lowest BCUT2D eigenvalue weighted by Crippen LogP contribution is -2.37. The van der Waals surface area contributed by atoms with Crippen molar-refractivity contribution in [3.8, 4) is 0 Å². The van der Waals surface area contributed by atoms with E-state index >= 15 is 0 Å². The Morgan fingerprint density at radius 2 is 2.18 bits per heavy atom. The smallest absolute Gasteiger partial charge is 0.252 e. The summed E-state index contributed by atoms with van der Waals surface area (Å²) in [4.78, 5) is 8.46. The van der Waals surface area contributed by atoms with Gasteiger partial charge in [0, 0.05) is 29.6 Å². The molecule has 90 valence electrons. The van der Waals surface area contributed by atoms with Crippen LogP contribution in [0.25, 0.3) is 11.2 Å². The van der Waals surface area contributed by atoms with E-state index < -0.39 is 5.92 Å². The molecular formula is C11H10BrF2N3. The van der Waals surface area contributed by atoms with Gasteiger partial charge in [-0.2, -0.15) is 0 Å². The van der Waals surface area contributed by atoms with E-state index in [9.17, 15) is 8.78 Å². The third kappa shape index (κ3) is 1.74. The number of aryl methyl sites for hydroxylation is 1. The summed E-state index contributed by atoms with van der Waals surface area (Å²) in [7, 11) is 0. The fourth-order valence-corrected chi connectivity index (χ4v) is 2.66. The second-order valence-corrected chi connectivity index (χ2v) is 5.36.